The van der Waals surface area contributed by atoms with E-state index in [0.717, 1.165) is 10.2 Å². The van der Waals surface area contributed by atoms with Gasteiger partial charge in [-0.15, -0.1) is 11.8 Å². The van der Waals surface area contributed by atoms with Crippen LogP contribution in [-0.4, -0.2) is 11.9 Å². The highest BCUT2D eigenvalue weighted by atomic mass is 79.9. The Morgan fingerprint density at radius 3 is 2.43 bits per heavy atom. The lowest BCUT2D eigenvalue weighted by atomic mass is 10.3. The summed E-state index contributed by atoms with van der Waals surface area (Å²) in [5.41, 5.74) is 0. The molecule has 0 aliphatic carbocycles. The van der Waals surface area contributed by atoms with Crippen molar-refractivity contribution in [3.63, 3.8) is 0 Å². The normalized spacial score (nSPS) is 11.5. The maximum Gasteiger partial charge on any atom is 0.132 e. The third-order valence-electron chi connectivity index (χ3n) is 1.54. The van der Waals surface area contributed by atoms with Crippen molar-refractivity contribution in [2.75, 3.05) is 7.11 Å². The van der Waals surface area contributed by atoms with Gasteiger partial charge in [0, 0.05) is 9.22 Å². The number of thioether (sulfide) groups is 1. The van der Waals surface area contributed by atoms with Gasteiger partial charge in [-0.2, -0.15) is 0 Å². The van der Waals surface area contributed by atoms with Gasteiger partial charge in [-0.1, -0.05) is 36.7 Å². The first-order valence-electron chi connectivity index (χ1n) is 4.45. The van der Waals surface area contributed by atoms with Crippen molar-refractivity contribution in [2.24, 2.45) is 0 Å². The van der Waals surface area contributed by atoms with Gasteiger partial charge in [-0.3, -0.25) is 0 Å². The Bertz CT molecular complexity index is 318. The minimum absolute atomic E-state index is 0.202. The highest BCUT2D eigenvalue weighted by Crippen LogP contribution is 2.39. The van der Waals surface area contributed by atoms with Crippen LogP contribution in [0.25, 0.3) is 0 Å². The molecule has 0 saturated carbocycles. The van der Waals surface area contributed by atoms with Crippen LogP contribution in [0.5, 0.6) is 5.75 Å². The maximum absolute atomic E-state index is 5.30. The highest BCUT2D eigenvalue weighted by Gasteiger charge is 2.15. The molecule has 1 rings (SSSR count). The zero-order chi connectivity index (χ0) is 10.8. The van der Waals surface area contributed by atoms with E-state index in [1.165, 1.54) is 4.90 Å². The molecular formula is C11H15BrOS. The number of halogens is 1. The van der Waals surface area contributed by atoms with Crippen LogP contribution in [0.3, 0.4) is 0 Å². The van der Waals surface area contributed by atoms with Gasteiger partial charge < -0.3 is 4.74 Å². The van der Waals surface area contributed by atoms with Gasteiger partial charge in [-0.05, 0) is 18.2 Å². The van der Waals surface area contributed by atoms with Crippen molar-refractivity contribution in [1.82, 2.24) is 0 Å². The number of hydrogen-bond acceptors (Lipinski definition) is 2. The molecule has 1 aromatic rings. The molecule has 78 valence electrons. The molecule has 0 spiro atoms. The fourth-order valence-electron chi connectivity index (χ4n) is 1.06. The van der Waals surface area contributed by atoms with Crippen LogP contribution in [0.15, 0.2) is 27.6 Å². The van der Waals surface area contributed by atoms with E-state index in [2.05, 4.69) is 42.8 Å². The van der Waals surface area contributed by atoms with E-state index in [1.807, 2.05) is 23.9 Å². The largest absolute Gasteiger partial charge is 0.496 e. The zero-order valence-corrected chi connectivity index (χ0v) is 11.3. The Labute approximate surface area is 98.4 Å². The van der Waals surface area contributed by atoms with Gasteiger partial charge in [-0.25, -0.2) is 0 Å². The van der Waals surface area contributed by atoms with Crippen LogP contribution in [0, 0.1) is 0 Å². The van der Waals surface area contributed by atoms with Gasteiger partial charge >= 0.3 is 0 Å². The number of ether oxygens (including phenoxy) is 1. The fourth-order valence-corrected chi connectivity index (χ4v) is 2.67. The van der Waals surface area contributed by atoms with Crippen LogP contribution >= 0.6 is 27.7 Å². The molecule has 0 atom stereocenters. The second-order valence-corrected chi connectivity index (χ2v) is 6.79. The van der Waals surface area contributed by atoms with Crippen LogP contribution in [0.1, 0.15) is 20.8 Å². The van der Waals surface area contributed by atoms with Gasteiger partial charge in [0.15, 0.2) is 0 Å². The van der Waals surface area contributed by atoms with Crippen molar-refractivity contribution in [1.29, 1.82) is 0 Å². The molecule has 3 heteroatoms. The van der Waals surface area contributed by atoms with Crippen LogP contribution < -0.4 is 4.74 Å². The average molecular weight is 275 g/mol. The monoisotopic (exact) mass is 274 g/mol. The first kappa shape index (κ1) is 11.9. The fraction of sp³-hybridized carbons (Fsp3) is 0.455. The Kier molecular flexibility index (Phi) is 3.90. The van der Waals surface area contributed by atoms with Crippen molar-refractivity contribution in [3.05, 3.63) is 22.7 Å². The molecule has 0 heterocycles. The van der Waals surface area contributed by atoms with Crippen molar-refractivity contribution in [3.8, 4) is 5.75 Å². The van der Waals surface area contributed by atoms with E-state index in [4.69, 9.17) is 4.74 Å². The van der Waals surface area contributed by atoms with Crippen LogP contribution in [-0.2, 0) is 0 Å². The minimum atomic E-state index is 0.202. The summed E-state index contributed by atoms with van der Waals surface area (Å²) in [6.07, 6.45) is 0. The summed E-state index contributed by atoms with van der Waals surface area (Å²) >= 11 is 5.28. The molecule has 0 unspecified atom stereocenters. The third kappa shape index (κ3) is 3.54. The molecule has 0 aliphatic heterocycles. The number of methoxy groups -OCH3 is 1. The molecule has 0 amide bonds. The van der Waals surface area contributed by atoms with Crippen LogP contribution in [0.4, 0.5) is 0 Å². The third-order valence-corrected chi connectivity index (χ3v) is 3.19. The molecule has 14 heavy (non-hydrogen) atoms. The lowest BCUT2D eigenvalue weighted by molar-refractivity contribution is 0.404. The molecule has 1 aromatic carbocycles. The Morgan fingerprint density at radius 1 is 1.29 bits per heavy atom. The standard InChI is InChI=1S/C11H15BrOS/c1-11(2,3)14-10-7-8(12)5-6-9(10)13-4/h5-7H,1-4H3. The van der Waals surface area contributed by atoms with E-state index in [9.17, 15) is 0 Å². The van der Waals surface area contributed by atoms with Crippen molar-refractivity contribution in [2.45, 2.75) is 30.4 Å². The quantitative estimate of drug-likeness (QED) is 0.742. The summed E-state index contributed by atoms with van der Waals surface area (Å²) in [6.45, 7) is 6.58. The smallest absolute Gasteiger partial charge is 0.132 e. The molecule has 1 nitrogen and oxygen atoms in total. The molecular weight excluding hydrogens is 260 g/mol. The van der Waals surface area contributed by atoms with Crippen molar-refractivity contribution >= 4 is 27.7 Å². The first-order chi connectivity index (χ1) is 6.42. The lowest BCUT2D eigenvalue weighted by Crippen LogP contribution is -2.07. The molecule has 0 fully saturated rings. The molecule has 0 radical (unpaired) electrons. The Morgan fingerprint density at radius 2 is 1.93 bits per heavy atom. The predicted octanol–water partition coefficient (Wildman–Crippen LogP) is 4.35. The van der Waals surface area contributed by atoms with Gasteiger partial charge in [0.1, 0.15) is 5.75 Å². The van der Waals surface area contributed by atoms with E-state index in [0.29, 0.717) is 0 Å². The number of hydrogen-bond donors (Lipinski definition) is 0. The van der Waals surface area contributed by atoms with Gasteiger partial charge in [0.2, 0.25) is 0 Å². The SMILES string of the molecule is COc1ccc(Br)cc1SC(C)(C)C. The van der Waals surface area contributed by atoms with E-state index >= 15 is 0 Å². The second-order valence-electron chi connectivity index (χ2n) is 4.01. The molecule has 0 aliphatic rings. The topological polar surface area (TPSA) is 9.23 Å². The summed E-state index contributed by atoms with van der Waals surface area (Å²) < 4.78 is 6.60. The zero-order valence-electron chi connectivity index (χ0n) is 8.93. The molecule has 0 bridgehead atoms. The number of benzene rings is 1. The summed E-state index contributed by atoms with van der Waals surface area (Å²) in [7, 11) is 1.70. The van der Waals surface area contributed by atoms with Crippen molar-refractivity contribution < 1.29 is 4.74 Å². The van der Waals surface area contributed by atoms with E-state index < -0.39 is 0 Å². The maximum atomic E-state index is 5.30. The molecule has 0 saturated heterocycles. The van der Waals surface area contributed by atoms with Gasteiger partial charge in [0.25, 0.3) is 0 Å². The lowest BCUT2D eigenvalue weighted by Gasteiger charge is -2.19. The number of rotatable bonds is 2. The molecule has 0 N–H and O–H groups in total. The Balaban J connectivity index is 2.99. The average Bonchev–Trinajstić information content (AvgIpc) is 2.01. The Hall–Kier alpha value is -0.150. The van der Waals surface area contributed by atoms with Gasteiger partial charge in [0.05, 0.1) is 12.0 Å². The highest BCUT2D eigenvalue weighted by molar-refractivity contribution is 9.10. The second kappa shape index (κ2) is 4.58. The van der Waals surface area contributed by atoms with E-state index in [-0.39, 0.29) is 4.75 Å². The summed E-state index contributed by atoms with van der Waals surface area (Å²) in [6, 6.07) is 6.07. The summed E-state index contributed by atoms with van der Waals surface area (Å²) in [4.78, 5) is 1.18. The minimum Gasteiger partial charge on any atom is -0.496 e. The summed E-state index contributed by atoms with van der Waals surface area (Å²) in [5.74, 6) is 0.938. The first-order valence-corrected chi connectivity index (χ1v) is 6.06. The van der Waals surface area contributed by atoms with Crippen LogP contribution in [0.2, 0.25) is 0 Å². The molecule has 0 aromatic heterocycles. The predicted molar refractivity (Wildman–Crippen MR) is 66.3 cm³/mol. The summed E-state index contributed by atoms with van der Waals surface area (Å²) in [5, 5.41) is 0. The van der Waals surface area contributed by atoms with E-state index in [1.54, 1.807) is 7.11 Å².